The van der Waals surface area contributed by atoms with E-state index < -0.39 is 23.8 Å². The van der Waals surface area contributed by atoms with Gasteiger partial charge in [-0.1, -0.05) is 18.2 Å². The molecule has 11 heteroatoms. The van der Waals surface area contributed by atoms with E-state index in [1.54, 1.807) is 35.7 Å². The van der Waals surface area contributed by atoms with Gasteiger partial charge in [-0.05, 0) is 25.3 Å². The maximum atomic E-state index is 15.1. The predicted molar refractivity (Wildman–Crippen MR) is 127 cm³/mol. The third kappa shape index (κ3) is 3.94. The van der Waals surface area contributed by atoms with Crippen molar-refractivity contribution in [3.8, 4) is 16.9 Å². The standard InChI is InChI=1S/C26H22F3N5O3/c1-14-20(6-15-4-2-3-5-21(15)37-24(28)29)34-12-18(19(27)7-22(34)32-14)16-9-30-25(31-10-16)33-11-17-8-26(17,13-33)23(35)36/h2-5,7,9-10,12,17,24H,6,8,11,13H2,1H3,(H,35,36)/t17-,26-/m1/s1. The Balaban J connectivity index is 1.31. The van der Waals surface area contributed by atoms with Gasteiger partial charge in [0.1, 0.15) is 17.2 Å². The van der Waals surface area contributed by atoms with Crippen molar-refractivity contribution in [2.75, 3.05) is 18.0 Å². The van der Waals surface area contributed by atoms with E-state index in [1.807, 2.05) is 4.90 Å². The first-order valence-electron chi connectivity index (χ1n) is 11.8. The van der Waals surface area contributed by atoms with Crippen molar-refractivity contribution in [2.45, 2.75) is 26.4 Å². The summed E-state index contributed by atoms with van der Waals surface area (Å²) in [5.41, 5.74) is 2.26. The molecular formula is C26H22F3N5O3. The van der Waals surface area contributed by atoms with Gasteiger partial charge in [0.2, 0.25) is 5.95 Å². The van der Waals surface area contributed by atoms with Crippen LogP contribution in [0.15, 0.2) is 48.9 Å². The monoisotopic (exact) mass is 509 g/mol. The lowest BCUT2D eigenvalue weighted by molar-refractivity contribution is -0.143. The molecule has 3 aromatic heterocycles. The van der Waals surface area contributed by atoms with Crippen LogP contribution in [0.1, 0.15) is 23.4 Å². The minimum atomic E-state index is -2.95. The number of para-hydroxylation sites is 1. The van der Waals surface area contributed by atoms with Gasteiger partial charge >= 0.3 is 12.6 Å². The Kier molecular flexibility index (Phi) is 5.32. The first-order valence-corrected chi connectivity index (χ1v) is 11.8. The summed E-state index contributed by atoms with van der Waals surface area (Å²) >= 11 is 0. The number of alkyl halides is 2. The van der Waals surface area contributed by atoms with Crippen LogP contribution in [0, 0.1) is 24.1 Å². The number of fused-ring (bicyclic) bond motifs is 2. The van der Waals surface area contributed by atoms with Gasteiger partial charge in [0, 0.05) is 66.6 Å². The molecule has 0 bridgehead atoms. The number of aryl methyl sites for hydroxylation is 1. The smallest absolute Gasteiger partial charge is 0.387 e. The topological polar surface area (TPSA) is 92.9 Å². The van der Waals surface area contributed by atoms with Gasteiger partial charge in [-0.15, -0.1) is 0 Å². The zero-order chi connectivity index (χ0) is 25.9. The molecule has 1 aliphatic carbocycles. The van der Waals surface area contributed by atoms with Crippen molar-refractivity contribution < 1.29 is 27.8 Å². The third-order valence-electron chi connectivity index (χ3n) is 7.36. The lowest BCUT2D eigenvalue weighted by Gasteiger charge is -2.19. The Morgan fingerprint density at radius 1 is 1.27 bits per heavy atom. The fourth-order valence-corrected chi connectivity index (χ4v) is 5.29. The van der Waals surface area contributed by atoms with E-state index in [4.69, 9.17) is 0 Å². The number of nitrogens with zero attached hydrogens (tertiary/aromatic N) is 5. The molecule has 2 fully saturated rings. The van der Waals surface area contributed by atoms with Crippen molar-refractivity contribution >= 4 is 17.6 Å². The van der Waals surface area contributed by atoms with Crippen molar-refractivity contribution in [1.29, 1.82) is 0 Å². The number of rotatable bonds is 7. The van der Waals surface area contributed by atoms with Crippen LogP contribution < -0.4 is 9.64 Å². The van der Waals surface area contributed by atoms with Crippen LogP contribution in [0.5, 0.6) is 5.75 Å². The van der Waals surface area contributed by atoms with E-state index >= 15 is 4.39 Å². The molecular weight excluding hydrogens is 487 g/mol. The molecule has 6 rings (SSSR count). The van der Waals surface area contributed by atoms with E-state index in [0.29, 0.717) is 53.6 Å². The maximum absolute atomic E-state index is 15.1. The molecule has 0 amide bonds. The number of halogens is 3. The average molecular weight is 509 g/mol. The molecule has 0 radical (unpaired) electrons. The SMILES string of the molecule is Cc1nc2cc(F)c(-c3cnc(N4C[C@H]5C[C@@]5(C(=O)O)C4)nc3)cn2c1Cc1ccccc1OC(F)F. The minimum absolute atomic E-state index is 0.0717. The van der Waals surface area contributed by atoms with Crippen molar-refractivity contribution in [3.05, 3.63) is 71.7 Å². The first kappa shape index (κ1) is 23.3. The van der Waals surface area contributed by atoms with Gasteiger partial charge < -0.3 is 19.1 Å². The second-order valence-corrected chi connectivity index (χ2v) is 9.58. The molecule has 1 saturated heterocycles. The van der Waals surface area contributed by atoms with E-state index in [1.165, 1.54) is 24.5 Å². The van der Waals surface area contributed by atoms with Crippen molar-refractivity contribution in [3.63, 3.8) is 0 Å². The van der Waals surface area contributed by atoms with Gasteiger partial charge in [0.15, 0.2) is 0 Å². The Hall–Kier alpha value is -4.15. The van der Waals surface area contributed by atoms with E-state index in [-0.39, 0.29) is 23.7 Å². The summed E-state index contributed by atoms with van der Waals surface area (Å²) in [7, 11) is 0. The van der Waals surface area contributed by atoms with Crippen LogP contribution in [0.2, 0.25) is 0 Å². The lowest BCUT2D eigenvalue weighted by Crippen LogP contribution is -2.29. The van der Waals surface area contributed by atoms with Gasteiger partial charge in [-0.25, -0.2) is 19.3 Å². The van der Waals surface area contributed by atoms with Crippen molar-refractivity contribution in [1.82, 2.24) is 19.4 Å². The second kappa shape index (κ2) is 8.46. The number of benzene rings is 1. The number of aromatic nitrogens is 4. The summed E-state index contributed by atoms with van der Waals surface area (Å²) in [6.07, 6.45) is 5.54. The maximum Gasteiger partial charge on any atom is 0.387 e. The molecule has 1 aliphatic heterocycles. The van der Waals surface area contributed by atoms with Gasteiger partial charge in [0.25, 0.3) is 0 Å². The van der Waals surface area contributed by atoms with Gasteiger partial charge in [-0.3, -0.25) is 4.79 Å². The number of aliphatic carboxylic acids is 1. The van der Waals surface area contributed by atoms with Crippen LogP contribution in [0.4, 0.5) is 19.1 Å². The number of anilines is 1. The lowest BCUT2D eigenvalue weighted by atomic mass is 10.1. The molecule has 0 spiro atoms. The normalized spacial score (nSPS) is 20.5. The fourth-order valence-electron chi connectivity index (χ4n) is 5.29. The first-order chi connectivity index (χ1) is 17.7. The zero-order valence-corrected chi connectivity index (χ0v) is 19.7. The number of ether oxygens (including phenoxy) is 1. The number of carboxylic acid groups (broad SMARTS) is 1. The summed E-state index contributed by atoms with van der Waals surface area (Å²) in [5.74, 6) is -0.710. The van der Waals surface area contributed by atoms with Crippen LogP contribution in [0.25, 0.3) is 16.8 Å². The largest absolute Gasteiger partial charge is 0.481 e. The Morgan fingerprint density at radius 3 is 2.73 bits per heavy atom. The molecule has 1 N–H and O–H groups in total. The molecule has 1 aromatic carbocycles. The highest BCUT2D eigenvalue weighted by Crippen LogP contribution is 2.58. The molecule has 8 nitrogen and oxygen atoms in total. The van der Waals surface area contributed by atoms with Crippen LogP contribution in [-0.2, 0) is 11.2 Å². The second-order valence-electron chi connectivity index (χ2n) is 9.58. The van der Waals surface area contributed by atoms with Crippen LogP contribution >= 0.6 is 0 Å². The molecule has 2 aliphatic rings. The average Bonchev–Trinajstić information content (AvgIpc) is 3.31. The summed E-state index contributed by atoms with van der Waals surface area (Å²) < 4.78 is 47.2. The zero-order valence-electron chi connectivity index (χ0n) is 19.7. The van der Waals surface area contributed by atoms with E-state index in [2.05, 4.69) is 19.7 Å². The Morgan fingerprint density at radius 2 is 2.03 bits per heavy atom. The number of carboxylic acids is 1. The molecule has 37 heavy (non-hydrogen) atoms. The number of imidazole rings is 1. The molecule has 190 valence electrons. The number of carbonyl (C=O) groups is 1. The third-order valence-corrected chi connectivity index (χ3v) is 7.36. The highest BCUT2D eigenvalue weighted by atomic mass is 19.3. The number of pyridine rings is 1. The Bertz CT molecular complexity index is 1520. The summed E-state index contributed by atoms with van der Waals surface area (Å²) in [6, 6.07) is 7.84. The van der Waals surface area contributed by atoms with Gasteiger partial charge in [-0.2, -0.15) is 8.78 Å². The quantitative estimate of drug-likeness (QED) is 0.396. The molecule has 1 saturated carbocycles. The van der Waals surface area contributed by atoms with E-state index in [0.717, 1.165) is 0 Å². The summed E-state index contributed by atoms with van der Waals surface area (Å²) in [4.78, 5) is 26.6. The molecule has 4 aromatic rings. The van der Waals surface area contributed by atoms with Crippen LogP contribution in [-0.4, -0.2) is 50.1 Å². The van der Waals surface area contributed by atoms with Crippen LogP contribution in [0.3, 0.4) is 0 Å². The molecule has 2 atom stereocenters. The predicted octanol–water partition coefficient (Wildman–Crippen LogP) is 4.34. The number of hydrogen-bond acceptors (Lipinski definition) is 6. The molecule has 4 heterocycles. The highest BCUT2D eigenvalue weighted by molar-refractivity contribution is 5.81. The number of hydrogen-bond donors (Lipinski definition) is 1. The van der Waals surface area contributed by atoms with Gasteiger partial charge in [0.05, 0.1) is 11.1 Å². The highest BCUT2D eigenvalue weighted by Gasteiger charge is 2.65. The Labute approximate surface area is 209 Å². The van der Waals surface area contributed by atoms with Crippen molar-refractivity contribution in [2.24, 2.45) is 11.3 Å². The summed E-state index contributed by atoms with van der Waals surface area (Å²) in [6.45, 7) is -0.227. The van der Waals surface area contributed by atoms with E-state index in [9.17, 15) is 18.7 Å². The molecule has 0 unspecified atom stereocenters. The minimum Gasteiger partial charge on any atom is -0.481 e. The number of piperidine rings is 1. The fraction of sp³-hybridized carbons (Fsp3) is 0.308. The summed E-state index contributed by atoms with van der Waals surface area (Å²) in [5, 5.41) is 9.50.